The van der Waals surface area contributed by atoms with E-state index in [0.717, 1.165) is 28.3 Å². The molecule has 0 heterocycles. The molecule has 5 heteroatoms. The first kappa shape index (κ1) is 18.1. The van der Waals surface area contributed by atoms with E-state index >= 15 is 0 Å². The minimum atomic E-state index is -0.0972. The van der Waals surface area contributed by atoms with E-state index in [0.29, 0.717) is 5.75 Å². The summed E-state index contributed by atoms with van der Waals surface area (Å²) >= 11 is 1.56. The average molecular weight is 342 g/mol. The van der Waals surface area contributed by atoms with Gasteiger partial charge in [-0.1, -0.05) is 42.0 Å². The molecule has 0 aliphatic carbocycles. The van der Waals surface area contributed by atoms with E-state index in [1.807, 2.05) is 62.4 Å². The standard InChI is InChI=1S/C19H22N2O2S/c1-14-4-8-17(9-5-14)15(2)20-21-19(22)13-24-12-16-6-10-18(23-3)11-7-16/h4-11H,12-13H2,1-3H3,(H,21,22)/b20-15-. The van der Waals surface area contributed by atoms with Gasteiger partial charge in [0.25, 0.3) is 0 Å². The highest BCUT2D eigenvalue weighted by atomic mass is 32.2. The monoisotopic (exact) mass is 342 g/mol. The molecule has 2 rings (SSSR count). The lowest BCUT2D eigenvalue weighted by atomic mass is 10.1. The van der Waals surface area contributed by atoms with Gasteiger partial charge in [-0.3, -0.25) is 4.79 Å². The van der Waals surface area contributed by atoms with Crippen LogP contribution in [0.25, 0.3) is 0 Å². The molecular formula is C19H22N2O2S. The number of carbonyl (C=O) groups excluding carboxylic acids is 1. The Hall–Kier alpha value is -2.27. The molecule has 0 aromatic heterocycles. The first-order valence-corrected chi connectivity index (χ1v) is 8.85. The van der Waals surface area contributed by atoms with Gasteiger partial charge in [-0.2, -0.15) is 5.10 Å². The van der Waals surface area contributed by atoms with E-state index in [-0.39, 0.29) is 5.91 Å². The molecule has 0 unspecified atom stereocenters. The van der Waals surface area contributed by atoms with Crippen molar-refractivity contribution in [1.29, 1.82) is 0 Å². The zero-order valence-electron chi connectivity index (χ0n) is 14.2. The van der Waals surface area contributed by atoms with Crippen LogP contribution in [0.15, 0.2) is 53.6 Å². The second kappa shape index (κ2) is 9.13. The summed E-state index contributed by atoms with van der Waals surface area (Å²) in [7, 11) is 1.65. The van der Waals surface area contributed by atoms with E-state index < -0.39 is 0 Å². The highest BCUT2D eigenvalue weighted by Crippen LogP contribution is 2.16. The van der Waals surface area contributed by atoms with Crippen LogP contribution in [0.5, 0.6) is 5.75 Å². The van der Waals surface area contributed by atoms with Gasteiger partial charge < -0.3 is 4.74 Å². The molecule has 4 nitrogen and oxygen atoms in total. The van der Waals surface area contributed by atoms with Gasteiger partial charge in [-0.05, 0) is 37.1 Å². The predicted molar refractivity (Wildman–Crippen MR) is 101 cm³/mol. The Labute approximate surface area is 147 Å². The van der Waals surface area contributed by atoms with Crippen molar-refractivity contribution < 1.29 is 9.53 Å². The molecule has 0 radical (unpaired) electrons. The fourth-order valence-electron chi connectivity index (χ4n) is 2.02. The second-order valence-electron chi connectivity index (χ2n) is 5.44. The van der Waals surface area contributed by atoms with Gasteiger partial charge >= 0.3 is 0 Å². The maximum atomic E-state index is 11.9. The van der Waals surface area contributed by atoms with E-state index in [2.05, 4.69) is 10.5 Å². The van der Waals surface area contributed by atoms with Crippen LogP contribution in [-0.4, -0.2) is 24.5 Å². The molecule has 2 aromatic rings. The van der Waals surface area contributed by atoms with Crippen LogP contribution in [0.2, 0.25) is 0 Å². The van der Waals surface area contributed by atoms with Crippen molar-refractivity contribution in [3.8, 4) is 5.75 Å². The van der Waals surface area contributed by atoms with E-state index in [1.165, 1.54) is 5.56 Å². The maximum absolute atomic E-state index is 11.9. The number of benzene rings is 2. The number of rotatable bonds is 7. The second-order valence-corrected chi connectivity index (χ2v) is 6.42. The Balaban J connectivity index is 1.76. The first-order chi connectivity index (χ1) is 11.6. The number of carbonyl (C=O) groups is 1. The van der Waals surface area contributed by atoms with Gasteiger partial charge in [0.1, 0.15) is 5.75 Å². The molecule has 0 spiro atoms. The van der Waals surface area contributed by atoms with Crippen LogP contribution in [-0.2, 0) is 10.5 Å². The molecule has 0 aliphatic rings. The SMILES string of the molecule is COc1ccc(CSCC(=O)N/N=C(/C)c2ccc(C)cc2)cc1. The van der Waals surface area contributed by atoms with Crippen LogP contribution >= 0.6 is 11.8 Å². The average Bonchev–Trinajstić information content (AvgIpc) is 2.61. The van der Waals surface area contributed by atoms with Crippen LogP contribution in [0.1, 0.15) is 23.6 Å². The molecule has 0 saturated heterocycles. The van der Waals surface area contributed by atoms with Crippen molar-refractivity contribution in [2.24, 2.45) is 5.10 Å². The van der Waals surface area contributed by atoms with Crippen LogP contribution in [0.3, 0.4) is 0 Å². The number of methoxy groups -OCH3 is 1. The number of aryl methyl sites for hydroxylation is 1. The molecule has 0 aliphatic heterocycles. The van der Waals surface area contributed by atoms with Crippen molar-refractivity contribution >= 4 is 23.4 Å². The van der Waals surface area contributed by atoms with Crippen molar-refractivity contribution in [3.63, 3.8) is 0 Å². The number of hydrogen-bond acceptors (Lipinski definition) is 4. The lowest BCUT2D eigenvalue weighted by Gasteiger charge is -2.05. The zero-order chi connectivity index (χ0) is 17.4. The summed E-state index contributed by atoms with van der Waals surface area (Å²) in [6.45, 7) is 3.92. The normalized spacial score (nSPS) is 11.2. The van der Waals surface area contributed by atoms with Crippen molar-refractivity contribution in [2.75, 3.05) is 12.9 Å². The van der Waals surface area contributed by atoms with Gasteiger partial charge in [-0.15, -0.1) is 11.8 Å². The quantitative estimate of drug-likeness (QED) is 0.615. The van der Waals surface area contributed by atoms with Crippen molar-refractivity contribution in [1.82, 2.24) is 5.43 Å². The summed E-state index contributed by atoms with van der Waals surface area (Å²) < 4.78 is 5.12. The molecule has 0 saturated carbocycles. The molecule has 1 amide bonds. The van der Waals surface area contributed by atoms with E-state index in [4.69, 9.17) is 4.74 Å². The van der Waals surface area contributed by atoms with Crippen LogP contribution in [0.4, 0.5) is 0 Å². The predicted octanol–water partition coefficient (Wildman–Crippen LogP) is 3.78. The molecule has 24 heavy (non-hydrogen) atoms. The van der Waals surface area contributed by atoms with Gasteiger partial charge in [0.05, 0.1) is 18.6 Å². The summed E-state index contributed by atoms with van der Waals surface area (Å²) in [5.74, 6) is 1.89. The topological polar surface area (TPSA) is 50.7 Å². The molecular weight excluding hydrogens is 320 g/mol. The Morgan fingerprint density at radius 2 is 1.79 bits per heavy atom. The molecule has 0 bridgehead atoms. The highest BCUT2D eigenvalue weighted by molar-refractivity contribution is 7.99. The largest absolute Gasteiger partial charge is 0.497 e. The van der Waals surface area contributed by atoms with E-state index in [9.17, 15) is 4.79 Å². The minimum absolute atomic E-state index is 0.0972. The van der Waals surface area contributed by atoms with Gasteiger partial charge in [0.15, 0.2) is 0 Å². The maximum Gasteiger partial charge on any atom is 0.250 e. The highest BCUT2D eigenvalue weighted by Gasteiger charge is 2.03. The number of ether oxygens (including phenoxy) is 1. The summed E-state index contributed by atoms with van der Waals surface area (Å²) in [5.41, 5.74) is 6.77. The number of thioether (sulfide) groups is 1. The third kappa shape index (κ3) is 5.74. The third-order valence-corrected chi connectivity index (χ3v) is 4.48. The van der Waals surface area contributed by atoms with Crippen LogP contribution < -0.4 is 10.2 Å². The lowest BCUT2D eigenvalue weighted by Crippen LogP contribution is -2.21. The summed E-state index contributed by atoms with van der Waals surface area (Å²) in [6.07, 6.45) is 0. The fourth-order valence-corrected chi connectivity index (χ4v) is 2.80. The summed E-state index contributed by atoms with van der Waals surface area (Å²) in [4.78, 5) is 11.9. The van der Waals surface area contributed by atoms with Gasteiger partial charge in [0, 0.05) is 5.75 Å². The van der Waals surface area contributed by atoms with Crippen molar-refractivity contribution in [3.05, 3.63) is 65.2 Å². The summed E-state index contributed by atoms with van der Waals surface area (Å²) in [6, 6.07) is 15.9. The zero-order valence-corrected chi connectivity index (χ0v) is 15.0. The smallest absolute Gasteiger partial charge is 0.250 e. The minimum Gasteiger partial charge on any atom is -0.497 e. The molecule has 2 aromatic carbocycles. The Morgan fingerprint density at radius 1 is 1.12 bits per heavy atom. The number of amides is 1. The third-order valence-electron chi connectivity index (χ3n) is 3.48. The van der Waals surface area contributed by atoms with Gasteiger partial charge in [-0.25, -0.2) is 5.43 Å². The first-order valence-electron chi connectivity index (χ1n) is 7.69. The lowest BCUT2D eigenvalue weighted by molar-refractivity contribution is -0.118. The Morgan fingerprint density at radius 3 is 2.42 bits per heavy atom. The van der Waals surface area contributed by atoms with E-state index in [1.54, 1.807) is 18.9 Å². The fraction of sp³-hybridized carbons (Fsp3) is 0.263. The number of hydrazone groups is 1. The number of hydrogen-bond donors (Lipinski definition) is 1. The van der Waals surface area contributed by atoms with Crippen LogP contribution in [0, 0.1) is 6.92 Å². The Bertz CT molecular complexity index is 694. The number of nitrogens with one attached hydrogen (secondary N) is 1. The Kier molecular flexibility index (Phi) is 6.88. The molecule has 0 fully saturated rings. The molecule has 126 valence electrons. The summed E-state index contributed by atoms with van der Waals surface area (Å²) in [5, 5.41) is 4.16. The molecule has 1 N–H and O–H groups in total. The number of nitrogens with zero attached hydrogens (tertiary/aromatic N) is 1. The van der Waals surface area contributed by atoms with Gasteiger partial charge in [0.2, 0.25) is 5.91 Å². The van der Waals surface area contributed by atoms with Crippen molar-refractivity contribution in [2.45, 2.75) is 19.6 Å². The molecule has 0 atom stereocenters.